The normalized spacial score (nSPS) is 23.5. The van der Waals surface area contributed by atoms with Gasteiger partial charge in [-0.15, -0.1) is 0 Å². The molecule has 2 nitrogen and oxygen atoms in total. The molecule has 1 aromatic carbocycles. The van der Waals surface area contributed by atoms with Gasteiger partial charge >= 0.3 is 0 Å². The van der Waals surface area contributed by atoms with Gasteiger partial charge in [0.1, 0.15) is 0 Å². The molecule has 0 saturated heterocycles. The Balaban J connectivity index is 1.85. The number of hydrogen-bond donors (Lipinski definition) is 1. The van der Waals surface area contributed by atoms with Crippen molar-refractivity contribution in [1.82, 2.24) is 0 Å². The maximum Gasteiger partial charge on any atom is 0.194 e. The van der Waals surface area contributed by atoms with Crippen LogP contribution in [0.15, 0.2) is 12.1 Å². The van der Waals surface area contributed by atoms with E-state index in [0.29, 0.717) is 19.4 Å². The first-order valence-corrected chi connectivity index (χ1v) is 5.46. The van der Waals surface area contributed by atoms with Gasteiger partial charge in [0.05, 0.1) is 19.3 Å². The lowest BCUT2D eigenvalue weighted by molar-refractivity contribution is -0.0151. The number of rotatable bonds is 4. The maximum absolute atomic E-state index is 13.2. The first-order valence-electron chi connectivity index (χ1n) is 5.46. The molecule has 0 amide bonds. The zero-order chi connectivity index (χ0) is 12.4. The molecule has 5 heteroatoms. The van der Waals surface area contributed by atoms with E-state index in [9.17, 15) is 13.2 Å². The van der Waals surface area contributed by atoms with E-state index in [1.54, 1.807) is 0 Å². The van der Waals surface area contributed by atoms with Crippen LogP contribution in [0.4, 0.5) is 13.2 Å². The number of benzene rings is 1. The molecule has 0 bridgehead atoms. The third-order valence-electron chi connectivity index (χ3n) is 2.94. The first kappa shape index (κ1) is 12.4. The highest BCUT2D eigenvalue weighted by Crippen LogP contribution is 2.27. The second-order valence-corrected chi connectivity index (χ2v) is 4.34. The van der Waals surface area contributed by atoms with Crippen molar-refractivity contribution in [2.75, 3.05) is 6.61 Å². The van der Waals surface area contributed by atoms with Gasteiger partial charge in [0.25, 0.3) is 0 Å². The van der Waals surface area contributed by atoms with Crippen LogP contribution in [0.2, 0.25) is 0 Å². The summed E-state index contributed by atoms with van der Waals surface area (Å²) >= 11 is 0. The van der Waals surface area contributed by atoms with Gasteiger partial charge in [-0.3, -0.25) is 0 Å². The highest BCUT2D eigenvalue weighted by molar-refractivity contribution is 5.19. The van der Waals surface area contributed by atoms with E-state index >= 15 is 0 Å². The van der Waals surface area contributed by atoms with Gasteiger partial charge in [-0.2, -0.15) is 0 Å². The van der Waals surface area contributed by atoms with Gasteiger partial charge in [0.2, 0.25) is 0 Å². The van der Waals surface area contributed by atoms with E-state index in [4.69, 9.17) is 9.84 Å². The molecule has 0 heterocycles. The Morgan fingerprint density at radius 2 is 1.88 bits per heavy atom. The summed E-state index contributed by atoms with van der Waals surface area (Å²) in [6.07, 6.45) is 1.10. The predicted octanol–water partition coefficient (Wildman–Crippen LogP) is 2.39. The van der Waals surface area contributed by atoms with E-state index in [-0.39, 0.29) is 24.2 Å². The SMILES string of the molecule is OC1CC(COCc2ccc(F)c(F)c2F)C1. The molecule has 1 aliphatic carbocycles. The Labute approximate surface area is 97.0 Å². The highest BCUT2D eigenvalue weighted by atomic mass is 19.2. The summed E-state index contributed by atoms with van der Waals surface area (Å²) in [6, 6.07) is 2.05. The largest absolute Gasteiger partial charge is 0.393 e. The molecule has 1 aromatic rings. The van der Waals surface area contributed by atoms with Crippen molar-refractivity contribution in [3.05, 3.63) is 35.1 Å². The lowest BCUT2D eigenvalue weighted by atomic mass is 9.83. The third-order valence-corrected chi connectivity index (χ3v) is 2.94. The van der Waals surface area contributed by atoms with Crippen LogP contribution in [0.1, 0.15) is 18.4 Å². The number of hydrogen-bond acceptors (Lipinski definition) is 2. The Morgan fingerprint density at radius 3 is 2.53 bits per heavy atom. The summed E-state index contributed by atoms with van der Waals surface area (Å²) in [7, 11) is 0. The van der Waals surface area contributed by atoms with E-state index in [1.807, 2.05) is 0 Å². The zero-order valence-electron chi connectivity index (χ0n) is 9.13. The molecule has 0 unspecified atom stereocenters. The van der Waals surface area contributed by atoms with Crippen LogP contribution in [0.5, 0.6) is 0 Å². The van der Waals surface area contributed by atoms with Gasteiger partial charge in [-0.1, -0.05) is 6.07 Å². The molecule has 0 radical (unpaired) electrons. The Kier molecular flexibility index (Phi) is 3.69. The van der Waals surface area contributed by atoms with Crippen LogP contribution >= 0.6 is 0 Å². The minimum absolute atomic E-state index is 0.00349. The van der Waals surface area contributed by atoms with E-state index in [1.165, 1.54) is 6.07 Å². The molecule has 1 aliphatic rings. The Bertz CT molecular complexity index is 403. The van der Waals surface area contributed by atoms with Crippen LogP contribution in [0.3, 0.4) is 0 Å². The summed E-state index contributed by atoms with van der Waals surface area (Å²) in [4.78, 5) is 0. The molecule has 0 aromatic heterocycles. The van der Waals surface area contributed by atoms with Crippen LogP contribution in [0, 0.1) is 23.4 Å². The lowest BCUT2D eigenvalue weighted by Crippen LogP contribution is -2.31. The van der Waals surface area contributed by atoms with Gasteiger partial charge in [-0.05, 0) is 24.8 Å². The number of aliphatic hydroxyl groups excluding tert-OH is 1. The third kappa shape index (κ3) is 2.79. The van der Waals surface area contributed by atoms with Gasteiger partial charge in [-0.25, -0.2) is 13.2 Å². The molecular weight excluding hydrogens is 233 g/mol. The highest BCUT2D eigenvalue weighted by Gasteiger charge is 2.27. The van der Waals surface area contributed by atoms with E-state index < -0.39 is 17.5 Å². The second kappa shape index (κ2) is 5.06. The molecule has 17 heavy (non-hydrogen) atoms. The fourth-order valence-electron chi connectivity index (χ4n) is 1.85. The van der Waals surface area contributed by atoms with Gasteiger partial charge < -0.3 is 9.84 Å². The minimum Gasteiger partial charge on any atom is -0.393 e. The molecule has 0 aliphatic heterocycles. The lowest BCUT2D eigenvalue weighted by Gasteiger charge is -2.30. The van der Waals surface area contributed by atoms with Crippen molar-refractivity contribution in [2.24, 2.45) is 5.92 Å². The quantitative estimate of drug-likeness (QED) is 0.826. The fourth-order valence-corrected chi connectivity index (χ4v) is 1.85. The smallest absolute Gasteiger partial charge is 0.194 e. The van der Waals surface area contributed by atoms with E-state index in [0.717, 1.165) is 6.07 Å². The Morgan fingerprint density at radius 1 is 1.18 bits per heavy atom. The summed E-state index contributed by atoms with van der Waals surface area (Å²) in [5.74, 6) is -3.59. The monoisotopic (exact) mass is 246 g/mol. The van der Waals surface area contributed by atoms with Crippen molar-refractivity contribution in [3.8, 4) is 0 Å². The average Bonchev–Trinajstić information content (AvgIpc) is 2.26. The summed E-state index contributed by atoms with van der Waals surface area (Å²) in [5, 5.41) is 9.04. The fraction of sp³-hybridized carbons (Fsp3) is 0.500. The molecule has 1 fully saturated rings. The van der Waals surface area contributed by atoms with Gasteiger partial charge in [0.15, 0.2) is 17.5 Å². The second-order valence-electron chi connectivity index (χ2n) is 4.34. The maximum atomic E-state index is 13.2. The standard InChI is InChI=1S/C12H13F3O2/c13-10-2-1-8(11(14)12(10)15)6-17-5-7-3-9(16)4-7/h1-2,7,9,16H,3-6H2. The predicted molar refractivity (Wildman–Crippen MR) is 54.7 cm³/mol. The molecular formula is C12H13F3O2. The summed E-state index contributed by atoms with van der Waals surface area (Å²) in [5.41, 5.74) is 0.00349. The van der Waals surface area contributed by atoms with Crippen LogP contribution in [-0.4, -0.2) is 17.8 Å². The summed E-state index contributed by atoms with van der Waals surface area (Å²) in [6.45, 7) is 0.311. The number of ether oxygens (including phenoxy) is 1. The summed E-state index contributed by atoms with van der Waals surface area (Å²) < 4.78 is 43.9. The first-order chi connectivity index (χ1) is 8.08. The van der Waals surface area contributed by atoms with Crippen molar-refractivity contribution in [3.63, 3.8) is 0 Å². The molecule has 0 spiro atoms. The average molecular weight is 246 g/mol. The molecule has 2 rings (SSSR count). The number of halogens is 3. The van der Waals surface area contributed by atoms with Crippen molar-refractivity contribution in [1.29, 1.82) is 0 Å². The van der Waals surface area contributed by atoms with Crippen LogP contribution in [0.25, 0.3) is 0 Å². The zero-order valence-corrected chi connectivity index (χ0v) is 9.13. The van der Waals surface area contributed by atoms with E-state index in [2.05, 4.69) is 0 Å². The molecule has 1 saturated carbocycles. The molecule has 1 N–H and O–H groups in total. The van der Waals surface area contributed by atoms with Crippen LogP contribution < -0.4 is 0 Å². The minimum atomic E-state index is -1.47. The number of aliphatic hydroxyl groups is 1. The van der Waals surface area contributed by atoms with Crippen molar-refractivity contribution < 1.29 is 23.0 Å². The van der Waals surface area contributed by atoms with Crippen molar-refractivity contribution in [2.45, 2.75) is 25.6 Å². The van der Waals surface area contributed by atoms with Crippen LogP contribution in [-0.2, 0) is 11.3 Å². The Hall–Kier alpha value is -1.07. The van der Waals surface area contributed by atoms with Gasteiger partial charge in [0, 0.05) is 5.56 Å². The molecule has 0 atom stereocenters. The van der Waals surface area contributed by atoms with Crippen molar-refractivity contribution >= 4 is 0 Å². The topological polar surface area (TPSA) is 29.5 Å². The molecule has 94 valence electrons.